The van der Waals surface area contributed by atoms with Crippen molar-refractivity contribution in [2.24, 2.45) is 5.92 Å². The van der Waals surface area contributed by atoms with E-state index in [4.69, 9.17) is 8.22 Å². The maximum atomic E-state index is 11.8. The lowest BCUT2D eigenvalue weighted by Crippen LogP contribution is -2.16. The third kappa shape index (κ3) is 1.92. The summed E-state index contributed by atoms with van der Waals surface area (Å²) in [5.41, 5.74) is -0.634. The molecular formula is C10H16O. The lowest BCUT2D eigenvalue weighted by Gasteiger charge is -2.19. The Morgan fingerprint density at radius 3 is 2.91 bits per heavy atom. The first kappa shape index (κ1) is 3.42. The van der Waals surface area contributed by atoms with Crippen LogP contribution in [-0.2, 0) is 4.79 Å². The highest BCUT2D eigenvalue weighted by molar-refractivity contribution is 5.96. The molecule has 0 amide bonds. The van der Waals surface area contributed by atoms with Crippen LogP contribution in [0.1, 0.15) is 48.1 Å². The van der Waals surface area contributed by atoms with Crippen LogP contribution in [0.3, 0.4) is 0 Å². The Morgan fingerprint density at radius 1 is 1.64 bits per heavy atom. The Morgan fingerprint density at radius 2 is 2.36 bits per heavy atom. The van der Waals surface area contributed by atoms with Crippen LogP contribution in [0.5, 0.6) is 0 Å². The summed E-state index contributed by atoms with van der Waals surface area (Å²) in [4.78, 5) is 11.8. The second-order valence-electron chi connectivity index (χ2n) is 3.12. The van der Waals surface area contributed by atoms with Crippen LogP contribution in [0.2, 0.25) is 0 Å². The molecule has 0 N–H and O–H groups in total. The molecule has 62 valence electrons. The van der Waals surface area contributed by atoms with Gasteiger partial charge in [0.1, 0.15) is 0 Å². The zero-order chi connectivity index (χ0) is 13.4. The van der Waals surface area contributed by atoms with Crippen LogP contribution in [0.4, 0.5) is 0 Å². The third-order valence-corrected chi connectivity index (χ3v) is 2.06. The van der Waals surface area contributed by atoms with Gasteiger partial charge in [0.05, 0.1) is 0 Å². The molecule has 1 heteroatoms. The van der Waals surface area contributed by atoms with Crippen molar-refractivity contribution in [2.45, 2.75) is 39.9 Å². The van der Waals surface area contributed by atoms with Crippen LogP contribution in [0, 0.1) is 5.92 Å². The minimum Gasteiger partial charge on any atom is -0.295 e. The van der Waals surface area contributed by atoms with Crippen molar-refractivity contribution in [3.05, 3.63) is 11.1 Å². The van der Waals surface area contributed by atoms with Crippen LogP contribution >= 0.6 is 0 Å². The van der Waals surface area contributed by atoms with Crippen molar-refractivity contribution >= 4 is 5.78 Å². The van der Waals surface area contributed by atoms with E-state index in [9.17, 15) is 4.79 Å². The topological polar surface area (TPSA) is 17.1 Å². The fourth-order valence-electron chi connectivity index (χ4n) is 1.34. The number of carbonyl (C=O) groups is 1. The molecule has 0 spiro atoms. The summed E-state index contributed by atoms with van der Waals surface area (Å²) in [5.74, 6) is -0.133. The second-order valence-corrected chi connectivity index (χ2v) is 3.12. The molecule has 1 saturated carbocycles. The smallest absolute Gasteiger partial charge is 0.159 e. The van der Waals surface area contributed by atoms with Gasteiger partial charge in [-0.1, -0.05) is 12.5 Å². The summed E-state index contributed by atoms with van der Waals surface area (Å²) in [6, 6.07) is 0. The van der Waals surface area contributed by atoms with Gasteiger partial charge < -0.3 is 0 Å². The zero-order valence-electron chi connectivity index (χ0n) is 12.6. The van der Waals surface area contributed by atoms with E-state index in [0.717, 1.165) is 0 Å². The fourth-order valence-corrected chi connectivity index (χ4v) is 1.34. The second kappa shape index (κ2) is 3.21. The molecule has 0 aliphatic heterocycles. The van der Waals surface area contributed by atoms with Crippen molar-refractivity contribution in [3.8, 4) is 0 Å². The quantitative estimate of drug-likeness (QED) is 0.495. The number of hydrogen-bond acceptors (Lipinski definition) is 1. The van der Waals surface area contributed by atoms with Gasteiger partial charge in [-0.05, 0) is 38.0 Å². The largest absolute Gasteiger partial charge is 0.295 e. The SMILES string of the molecule is [2H]C([2H])([2H])C(=C1CC[C@H](C)CC1=O)C([2H])([2H])[2H]. The number of allylic oxidation sites excluding steroid dienone is 2. The average Bonchev–Trinajstić information content (AvgIpc) is 2.04. The lowest BCUT2D eigenvalue weighted by molar-refractivity contribution is -0.117. The van der Waals surface area contributed by atoms with E-state index in [1.54, 1.807) is 0 Å². The van der Waals surface area contributed by atoms with Crippen molar-refractivity contribution in [1.29, 1.82) is 0 Å². The highest BCUT2D eigenvalue weighted by atomic mass is 16.1. The monoisotopic (exact) mass is 158 g/mol. The predicted molar refractivity (Wildman–Crippen MR) is 46.4 cm³/mol. The van der Waals surface area contributed by atoms with Gasteiger partial charge in [0.25, 0.3) is 0 Å². The first-order valence-corrected chi connectivity index (χ1v) is 3.81. The third-order valence-electron chi connectivity index (χ3n) is 2.06. The molecular weight excluding hydrogens is 136 g/mol. The number of rotatable bonds is 0. The van der Waals surface area contributed by atoms with E-state index in [2.05, 4.69) is 0 Å². The first-order chi connectivity index (χ1) is 7.53. The molecule has 0 heterocycles. The number of hydrogen-bond donors (Lipinski definition) is 0. The van der Waals surface area contributed by atoms with Gasteiger partial charge in [-0.2, -0.15) is 0 Å². The molecule has 0 unspecified atom stereocenters. The Hall–Kier alpha value is -0.590. The van der Waals surface area contributed by atoms with Gasteiger partial charge in [0.15, 0.2) is 5.78 Å². The fraction of sp³-hybridized carbons (Fsp3) is 0.700. The molecule has 1 rings (SSSR count). The Labute approximate surface area is 76.9 Å². The maximum absolute atomic E-state index is 11.8. The maximum Gasteiger partial charge on any atom is 0.159 e. The van der Waals surface area contributed by atoms with Gasteiger partial charge in [-0.15, -0.1) is 0 Å². The van der Waals surface area contributed by atoms with Gasteiger partial charge in [0.2, 0.25) is 0 Å². The average molecular weight is 158 g/mol. The number of Topliss-reactive ketones (excluding diaryl/α,β-unsaturated/α-hetero) is 1. The Kier molecular flexibility index (Phi) is 0.997. The summed E-state index contributed by atoms with van der Waals surface area (Å²) in [5, 5.41) is 0. The van der Waals surface area contributed by atoms with Crippen molar-refractivity contribution in [2.75, 3.05) is 0 Å². The molecule has 0 bridgehead atoms. The van der Waals surface area contributed by atoms with Gasteiger partial charge in [0, 0.05) is 14.6 Å². The first-order valence-electron chi connectivity index (χ1n) is 6.81. The van der Waals surface area contributed by atoms with E-state index in [0.29, 0.717) is 6.42 Å². The molecule has 0 saturated heterocycles. The zero-order valence-corrected chi connectivity index (χ0v) is 6.61. The van der Waals surface area contributed by atoms with Crippen LogP contribution in [0.25, 0.3) is 0 Å². The minimum absolute atomic E-state index is 0.00287. The van der Waals surface area contributed by atoms with Crippen molar-refractivity contribution < 1.29 is 13.0 Å². The molecule has 1 fully saturated rings. The summed E-state index contributed by atoms with van der Waals surface area (Å²) in [6.45, 7) is -3.55. The molecule has 0 radical (unpaired) electrons. The van der Waals surface area contributed by atoms with E-state index >= 15 is 0 Å². The summed E-state index contributed by atoms with van der Waals surface area (Å²) >= 11 is 0. The standard InChI is InChI=1S/C10H16O/c1-7(2)9-5-4-8(3)6-10(9)11/h8H,4-6H2,1-3H3/t8-/m0/s1/i1D3,2D3. The summed E-state index contributed by atoms with van der Waals surface area (Å²) in [7, 11) is 0. The summed E-state index contributed by atoms with van der Waals surface area (Å²) < 4.78 is 43.7. The van der Waals surface area contributed by atoms with Crippen molar-refractivity contribution in [1.82, 2.24) is 0 Å². The van der Waals surface area contributed by atoms with Crippen LogP contribution in [0.15, 0.2) is 11.1 Å². The number of ketones is 1. The van der Waals surface area contributed by atoms with Gasteiger partial charge in [-0.25, -0.2) is 0 Å². The van der Waals surface area contributed by atoms with E-state index < -0.39 is 19.3 Å². The Balaban J connectivity index is 3.25. The molecule has 1 atom stereocenters. The van der Waals surface area contributed by atoms with Gasteiger partial charge >= 0.3 is 0 Å². The highest BCUT2D eigenvalue weighted by Gasteiger charge is 2.20. The molecule has 1 nitrogen and oxygen atoms in total. The van der Waals surface area contributed by atoms with Crippen LogP contribution in [-0.4, -0.2) is 5.78 Å². The molecule has 0 aromatic rings. The normalized spacial score (nSPS) is 35.9. The summed E-state index contributed by atoms with van der Waals surface area (Å²) in [6.07, 6.45) is 1.16. The highest BCUT2D eigenvalue weighted by Crippen LogP contribution is 2.26. The van der Waals surface area contributed by atoms with Gasteiger partial charge in [-0.3, -0.25) is 4.79 Å². The molecule has 1 aliphatic carbocycles. The van der Waals surface area contributed by atoms with E-state index in [1.807, 2.05) is 6.92 Å². The predicted octanol–water partition coefficient (Wildman–Crippen LogP) is 2.71. The van der Waals surface area contributed by atoms with Crippen LogP contribution < -0.4 is 0 Å². The minimum atomic E-state index is -2.73. The molecule has 0 aromatic heterocycles. The van der Waals surface area contributed by atoms with Crippen molar-refractivity contribution in [3.63, 3.8) is 0 Å². The van der Waals surface area contributed by atoms with E-state index in [1.165, 1.54) is 0 Å². The molecule has 11 heavy (non-hydrogen) atoms. The molecule has 0 aromatic carbocycles. The number of carbonyl (C=O) groups excluding carboxylic acids is 1. The Bertz CT molecular complexity index is 333. The lowest BCUT2D eigenvalue weighted by atomic mass is 9.84. The molecule has 1 aliphatic rings. The van der Waals surface area contributed by atoms with E-state index in [-0.39, 0.29) is 30.1 Å².